The highest BCUT2D eigenvalue weighted by Gasteiger charge is 2.22. The molecular formula is C19H26BrN7O. The summed E-state index contributed by atoms with van der Waals surface area (Å²) in [6.07, 6.45) is 4.39. The van der Waals surface area contributed by atoms with Crippen molar-refractivity contribution >= 4 is 27.8 Å². The number of guanidine groups is 1. The van der Waals surface area contributed by atoms with Crippen molar-refractivity contribution in [3.63, 3.8) is 0 Å². The predicted octanol–water partition coefficient (Wildman–Crippen LogP) is 1.97. The summed E-state index contributed by atoms with van der Waals surface area (Å²) in [5.41, 5.74) is 1.06. The molecule has 0 amide bonds. The molecule has 0 aromatic carbocycles. The molecule has 150 valence electrons. The molecule has 1 saturated heterocycles. The van der Waals surface area contributed by atoms with Crippen LogP contribution < -0.4 is 15.0 Å². The molecule has 2 aromatic rings. The van der Waals surface area contributed by atoms with E-state index >= 15 is 0 Å². The Morgan fingerprint density at radius 1 is 1.25 bits per heavy atom. The molecule has 3 heterocycles. The number of rotatable bonds is 6. The smallest absolute Gasteiger partial charge is 0.232 e. The zero-order valence-corrected chi connectivity index (χ0v) is 17.9. The molecule has 9 heteroatoms. The maximum atomic E-state index is 5.28. The third-order valence-corrected chi connectivity index (χ3v) is 4.99. The van der Waals surface area contributed by atoms with Gasteiger partial charge in [-0.25, -0.2) is 4.98 Å². The second-order valence-electron chi connectivity index (χ2n) is 6.31. The molecule has 1 N–H and O–H groups in total. The van der Waals surface area contributed by atoms with Crippen LogP contribution in [0.25, 0.3) is 0 Å². The number of anilines is 1. The standard InChI is InChI=1S/C19H26BrN7O/c1-3-21-18(23-9-7-15-6-4-5-8-22-15)26-10-12-27(13-11-26)19-24-14-16(20)17(25-19)28-2/h4-6,8,14H,3,7,9-13H2,1-2H3,(H,21,23). The highest BCUT2D eigenvalue weighted by Crippen LogP contribution is 2.23. The SMILES string of the molecule is CCNC(=NCCc1ccccn1)N1CCN(c2ncc(Br)c(OC)n2)CC1. The summed E-state index contributed by atoms with van der Waals surface area (Å²) in [5, 5.41) is 3.40. The summed E-state index contributed by atoms with van der Waals surface area (Å²) in [5.74, 6) is 2.20. The lowest BCUT2D eigenvalue weighted by Crippen LogP contribution is -2.53. The molecule has 0 atom stereocenters. The van der Waals surface area contributed by atoms with E-state index in [4.69, 9.17) is 9.73 Å². The Hall–Kier alpha value is -2.42. The normalized spacial score (nSPS) is 14.9. The maximum absolute atomic E-state index is 5.28. The van der Waals surface area contributed by atoms with Crippen molar-refractivity contribution in [1.82, 2.24) is 25.2 Å². The number of piperazine rings is 1. The molecule has 1 aliphatic rings. The van der Waals surface area contributed by atoms with E-state index in [1.165, 1.54) is 0 Å². The number of aliphatic imine (C=N–C) groups is 1. The van der Waals surface area contributed by atoms with Crippen LogP contribution in [0, 0.1) is 0 Å². The fourth-order valence-electron chi connectivity index (χ4n) is 3.00. The number of halogens is 1. The van der Waals surface area contributed by atoms with Crippen molar-refractivity contribution in [2.24, 2.45) is 4.99 Å². The van der Waals surface area contributed by atoms with Crippen molar-refractivity contribution in [1.29, 1.82) is 0 Å². The van der Waals surface area contributed by atoms with Gasteiger partial charge in [0.05, 0.1) is 17.8 Å². The molecule has 0 aliphatic carbocycles. The number of methoxy groups -OCH3 is 1. The van der Waals surface area contributed by atoms with Crippen LogP contribution in [0.3, 0.4) is 0 Å². The Kier molecular flexibility index (Phi) is 7.41. The fraction of sp³-hybridized carbons (Fsp3) is 0.474. The molecule has 1 aliphatic heterocycles. The Balaban J connectivity index is 1.58. The van der Waals surface area contributed by atoms with Gasteiger partial charge in [0.2, 0.25) is 11.8 Å². The molecule has 0 spiro atoms. The highest BCUT2D eigenvalue weighted by molar-refractivity contribution is 9.10. The van der Waals surface area contributed by atoms with Crippen molar-refractivity contribution in [2.45, 2.75) is 13.3 Å². The molecule has 8 nitrogen and oxygen atoms in total. The lowest BCUT2D eigenvalue weighted by molar-refractivity contribution is 0.366. The summed E-state index contributed by atoms with van der Waals surface area (Å²) in [7, 11) is 1.61. The van der Waals surface area contributed by atoms with Crippen LogP contribution in [-0.2, 0) is 6.42 Å². The monoisotopic (exact) mass is 447 g/mol. The molecule has 2 aromatic heterocycles. The zero-order chi connectivity index (χ0) is 19.8. The molecule has 1 fully saturated rings. The maximum Gasteiger partial charge on any atom is 0.232 e. The first kappa shape index (κ1) is 20.3. The van der Waals surface area contributed by atoms with E-state index in [-0.39, 0.29) is 0 Å². The van der Waals surface area contributed by atoms with Gasteiger partial charge in [-0.1, -0.05) is 6.07 Å². The minimum absolute atomic E-state index is 0.553. The van der Waals surface area contributed by atoms with E-state index in [1.807, 2.05) is 24.4 Å². The quantitative estimate of drug-likeness (QED) is 0.535. The third kappa shape index (κ3) is 5.31. The first-order valence-corrected chi connectivity index (χ1v) is 10.2. The number of hydrogen-bond donors (Lipinski definition) is 1. The van der Waals surface area contributed by atoms with Crippen LogP contribution in [0.15, 0.2) is 40.1 Å². The van der Waals surface area contributed by atoms with E-state index in [1.54, 1.807) is 13.3 Å². The first-order chi connectivity index (χ1) is 13.7. The van der Waals surface area contributed by atoms with Gasteiger partial charge in [-0.05, 0) is 35.0 Å². The lowest BCUT2D eigenvalue weighted by atomic mass is 10.3. The van der Waals surface area contributed by atoms with Gasteiger partial charge in [0.1, 0.15) is 0 Å². The van der Waals surface area contributed by atoms with Gasteiger partial charge < -0.3 is 19.9 Å². The van der Waals surface area contributed by atoms with Crippen LogP contribution in [-0.4, -0.2) is 72.2 Å². The highest BCUT2D eigenvalue weighted by atomic mass is 79.9. The summed E-state index contributed by atoms with van der Waals surface area (Å²) >= 11 is 3.40. The largest absolute Gasteiger partial charge is 0.480 e. The van der Waals surface area contributed by atoms with E-state index in [2.05, 4.69) is 52.9 Å². The van der Waals surface area contributed by atoms with E-state index < -0.39 is 0 Å². The second-order valence-corrected chi connectivity index (χ2v) is 7.16. The number of nitrogens with zero attached hydrogens (tertiary/aromatic N) is 6. The van der Waals surface area contributed by atoms with E-state index in [0.717, 1.165) is 55.3 Å². The van der Waals surface area contributed by atoms with Crippen LogP contribution in [0.2, 0.25) is 0 Å². The lowest BCUT2D eigenvalue weighted by Gasteiger charge is -2.36. The van der Waals surface area contributed by atoms with Crippen molar-refractivity contribution in [3.8, 4) is 5.88 Å². The van der Waals surface area contributed by atoms with Gasteiger partial charge in [0.25, 0.3) is 0 Å². The minimum atomic E-state index is 0.553. The van der Waals surface area contributed by atoms with Crippen molar-refractivity contribution < 1.29 is 4.74 Å². The molecule has 0 radical (unpaired) electrons. The zero-order valence-electron chi connectivity index (χ0n) is 16.3. The van der Waals surface area contributed by atoms with Crippen LogP contribution in [0.5, 0.6) is 5.88 Å². The van der Waals surface area contributed by atoms with Gasteiger partial charge in [0, 0.05) is 57.6 Å². The van der Waals surface area contributed by atoms with Crippen molar-refractivity contribution in [3.05, 3.63) is 40.8 Å². The molecular weight excluding hydrogens is 422 g/mol. The van der Waals surface area contributed by atoms with Gasteiger partial charge in [-0.2, -0.15) is 4.98 Å². The van der Waals surface area contributed by atoms with E-state index in [0.29, 0.717) is 18.4 Å². The molecule has 0 bridgehead atoms. The van der Waals surface area contributed by atoms with Crippen LogP contribution >= 0.6 is 15.9 Å². The Labute approximate surface area is 174 Å². The number of ether oxygens (including phenoxy) is 1. The summed E-state index contributed by atoms with van der Waals surface area (Å²) in [6, 6.07) is 5.98. The summed E-state index contributed by atoms with van der Waals surface area (Å²) in [4.78, 5) is 22.5. The van der Waals surface area contributed by atoms with Gasteiger partial charge >= 0.3 is 0 Å². The minimum Gasteiger partial charge on any atom is -0.480 e. The predicted molar refractivity (Wildman–Crippen MR) is 114 cm³/mol. The Morgan fingerprint density at radius 3 is 2.75 bits per heavy atom. The van der Waals surface area contributed by atoms with Gasteiger partial charge in [-0.3, -0.25) is 9.98 Å². The van der Waals surface area contributed by atoms with Gasteiger partial charge in [-0.15, -0.1) is 0 Å². The summed E-state index contributed by atoms with van der Waals surface area (Å²) in [6.45, 7) is 7.02. The number of aromatic nitrogens is 3. The van der Waals surface area contributed by atoms with Crippen molar-refractivity contribution in [2.75, 3.05) is 51.3 Å². The van der Waals surface area contributed by atoms with E-state index in [9.17, 15) is 0 Å². The molecule has 0 unspecified atom stereocenters. The Bertz CT molecular complexity index is 779. The topological polar surface area (TPSA) is 78.8 Å². The van der Waals surface area contributed by atoms with Gasteiger partial charge in [0.15, 0.2) is 5.96 Å². The number of hydrogen-bond acceptors (Lipinski definition) is 6. The third-order valence-electron chi connectivity index (χ3n) is 4.45. The molecule has 0 saturated carbocycles. The Morgan fingerprint density at radius 2 is 2.07 bits per heavy atom. The average Bonchev–Trinajstić information content (AvgIpc) is 2.74. The second kappa shape index (κ2) is 10.2. The fourth-order valence-corrected chi connectivity index (χ4v) is 3.36. The molecule has 28 heavy (non-hydrogen) atoms. The van der Waals surface area contributed by atoms with Crippen LogP contribution in [0.4, 0.5) is 5.95 Å². The molecule has 3 rings (SSSR count). The number of nitrogens with one attached hydrogen (secondary N) is 1. The first-order valence-electron chi connectivity index (χ1n) is 9.46. The average molecular weight is 448 g/mol. The number of pyridine rings is 1. The van der Waals surface area contributed by atoms with Crippen LogP contribution in [0.1, 0.15) is 12.6 Å². The summed E-state index contributed by atoms with van der Waals surface area (Å²) < 4.78 is 6.04.